The first-order chi connectivity index (χ1) is 18.5. The second-order valence-electron chi connectivity index (χ2n) is 11.9. The number of fused-ring (bicyclic) bond motifs is 1. The zero-order chi connectivity index (χ0) is 28.5. The summed E-state index contributed by atoms with van der Waals surface area (Å²) in [7, 11) is 0. The third-order valence-electron chi connectivity index (χ3n) is 8.60. The van der Waals surface area contributed by atoms with Crippen LogP contribution in [0.2, 0.25) is 0 Å². The van der Waals surface area contributed by atoms with Crippen molar-refractivity contribution in [3.05, 3.63) is 61.2 Å². The largest absolute Gasteiger partial charge is 0.394 e. The molecule has 3 aliphatic rings. The first-order valence-electron chi connectivity index (χ1n) is 14.0. The van der Waals surface area contributed by atoms with Crippen LogP contribution in [-0.4, -0.2) is 84.8 Å². The van der Waals surface area contributed by atoms with Crippen molar-refractivity contribution in [3.63, 3.8) is 0 Å². The summed E-state index contributed by atoms with van der Waals surface area (Å²) in [5.41, 5.74) is 0.532. The summed E-state index contributed by atoms with van der Waals surface area (Å²) in [6.45, 7) is 16.6. The number of hydrogen-bond donors (Lipinski definition) is 1. The summed E-state index contributed by atoms with van der Waals surface area (Å²) >= 11 is 1.67. The van der Waals surface area contributed by atoms with Crippen LogP contribution >= 0.6 is 11.8 Å². The summed E-state index contributed by atoms with van der Waals surface area (Å²) in [5.74, 6) is -1.47. The summed E-state index contributed by atoms with van der Waals surface area (Å²) in [6.07, 6.45) is 5.44. The maximum atomic E-state index is 14.4. The summed E-state index contributed by atoms with van der Waals surface area (Å²) < 4.78 is -0.695. The Balaban J connectivity index is 1.76. The fraction of sp³-hybridized carbons (Fsp3) is 0.581. The smallest absolute Gasteiger partial charge is 0.247 e. The molecule has 3 saturated heterocycles. The SMILES string of the molecule is C=CCN(Cc1ccccc1)C(=O)[C@@H]1[C@H]2C(=O)N([C@@H](CC)CO)C(C(=O)N(CC=C)C(C)(C)C)C23CC[C@H]1S3. The van der Waals surface area contributed by atoms with Crippen LogP contribution in [0.4, 0.5) is 0 Å². The quantitative estimate of drug-likeness (QED) is 0.421. The predicted molar refractivity (Wildman–Crippen MR) is 156 cm³/mol. The molecular weight excluding hydrogens is 510 g/mol. The van der Waals surface area contributed by atoms with Crippen molar-refractivity contribution in [2.75, 3.05) is 19.7 Å². The molecule has 0 aromatic heterocycles. The van der Waals surface area contributed by atoms with Gasteiger partial charge in [0, 0.05) is 30.4 Å². The molecule has 2 bridgehead atoms. The van der Waals surface area contributed by atoms with Gasteiger partial charge in [-0.2, -0.15) is 0 Å². The highest BCUT2D eigenvalue weighted by atomic mass is 32.2. The number of aliphatic hydroxyl groups excluding tert-OH is 1. The van der Waals surface area contributed by atoms with Gasteiger partial charge < -0.3 is 19.8 Å². The van der Waals surface area contributed by atoms with Crippen LogP contribution < -0.4 is 0 Å². The van der Waals surface area contributed by atoms with Gasteiger partial charge >= 0.3 is 0 Å². The first-order valence-corrected chi connectivity index (χ1v) is 14.9. The molecule has 1 aromatic rings. The number of hydrogen-bond acceptors (Lipinski definition) is 5. The van der Waals surface area contributed by atoms with E-state index < -0.39 is 34.2 Å². The highest BCUT2D eigenvalue weighted by Crippen LogP contribution is 2.67. The van der Waals surface area contributed by atoms with Crippen molar-refractivity contribution < 1.29 is 19.5 Å². The fourth-order valence-electron chi connectivity index (χ4n) is 6.83. The highest BCUT2D eigenvalue weighted by Gasteiger charge is 2.74. The third-order valence-corrected chi connectivity index (χ3v) is 10.5. The average molecular weight is 554 g/mol. The molecular formula is C31H43N3O4S. The van der Waals surface area contributed by atoms with Gasteiger partial charge in [0.25, 0.3) is 0 Å². The number of likely N-dealkylation sites (tertiary alicyclic amines) is 1. The van der Waals surface area contributed by atoms with Gasteiger partial charge in [-0.3, -0.25) is 14.4 Å². The van der Waals surface area contributed by atoms with Crippen LogP contribution in [0.15, 0.2) is 55.6 Å². The van der Waals surface area contributed by atoms with Gasteiger partial charge in [0.2, 0.25) is 17.7 Å². The molecule has 2 unspecified atom stereocenters. The van der Waals surface area contributed by atoms with E-state index in [4.69, 9.17) is 0 Å². The summed E-state index contributed by atoms with van der Waals surface area (Å²) in [4.78, 5) is 48.2. The van der Waals surface area contributed by atoms with Crippen molar-refractivity contribution in [2.24, 2.45) is 11.8 Å². The van der Waals surface area contributed by atoms with Crippen molar-refractivity contribution in [3.8, 4) is 0 Å². The maximum Gasteiger partial charge on any atom is 0.247 e. The van der Waals surface area contributed by atoms with E-state index in [-0.39, 0.29) is 29.6 Å². The molecule has 1 aromatic carbocycles. The molecule has 3 amide bonds. The lowest BCUT2D eigenvalue weighted by Crippen LogP contribution is -2.60. The molecule has 1 N–H and O–H groups in total. The standard InChI is InChI=1S/C31H43N3O4S/c1-7-17-32(19-21-13-11-10-12-14-21)27(36)24-23-15-16-31(39-23)25(24)28(37)34(22(9-3)20-35)26(31)29(38)33(18-8-2)30(4,5)6/h7-8,10-14,22-26,35H,1-2,9,15-20H2,3-6H3/t22-,23+,24-,25-,26?,31?/m0/s1. The second kappa shape index (κ2) is 11.5. The van der Waals surface area contributed by atoms with E-state index in [1.807, 2.05) is 58.0 Å². The van der Waals surface area contributed by atoms with E-state index in [2.05, 4.69) is 13.2 Å². The van der Waals surface area contributed by atoms with Gasteiger partial charge in [-0.25, -0.2) is 0 Å². The topological polar surface area (TPSA) is 81.2 Å². The Morgan fingerprint density at radius 2 is 1.85 bits per heavy atom. The third kappa shape index (κ3) is 5.06. The molecule has 3 fully saturated rings. The maximum absolute atomic E-state index is 14.4. The number of thioether (sulfide) groups is 1. The van der Waals surface area contributed by atoms with E-state index in [1.54, 1.807) is 38.6 Å². The molecule has 3 aliphatic heterocycles. The van der Waals surface area contributed by atoms with E-state index in [1.165, 1.54) is 0 Å². The molecule has 0 aliphatic carbocycles. The lowest BCUT2D eigenvalue weighted by molar-refractivity contribution is -0.149. The van der Waals surface area contributed by atoms with E-state index in [9.17, 15) is 19.5 Å². The lowest BCUT2D eigenvalue weighted by Gasteiger charge is -2.43. The van der Waals surface area contributed by atoms with Crippen LogP contribution in [0, 0.1) is 11.8 Å². The van der Waals surface area contributed by atoms with Gasteiger partial charge in [0.15, 0.2) is 0 Å². The number of aliphatic hydroxyl groups is 1. The molecule has 4 rings (SSSR count). The molecule has 7 nitrogen and oxygen atoms in total. The van der Waals surface area contributed by atoms with Crippen LogP contribution in [-0.2, 0) is 20.9 Å². The number of nitrogens with zero attached hydrogens (tertiary/aromatic N) is 3. The minimum atomic E-state index is -0.735. The molecule has 39 heavy (non-hydrogen) atoms. The minimum absolute atomic E-state index is 0.0244. The number of amides is 3. The number of rotatable bonds is 11. The number of carbonyl (C=O) groups excluding carboxylic acids is 3. The average Bonchev–Trinajstić information content (AvgIpc) is 3.55. The van der Waals surface area contributed by atoms with E-state index in [0.29, 0.717) is 32.5 Å². The Labute approximate surface area is 237 Å². The Hall–Kier alpha value is -2.58. The number of carbonyl (C=O) groups is 3. The Morgan fingerprint density at radius 3 is 2.41 bits per heavy atom. The Kier molecular flexibility index (Phi) is 8.67. The number of benzene rings is 1. The van der Waals surface area contributed by atoms with Gasteiger partial charge in [0.05, 0.1) is 29.2 Å². The highest BCUT2D eigenvalue weighted by molar-refractivity contribution is 8.02. The molecule has 0 radical (unpaired) electrons. The van der Waals surface area contributed by atoms with Crippen molar-refractivity contribution in [1.82, 2.24) is 14.7 Å². The molecule has 212 valence electrons. The van der Waals surface area contributed by atoms with Crippen LogP contribution in [0.25, 0.3) is 0 Å². The summed E-state index contributed by atoms with van der Waals surface area (Å²) in [6, 6.07) is 8.61. The second-order valence-corrected chi connectivity index (χ2v) is 13.5. The van der Waals surface area contributed by atoms with Gasteiger partial charge in [0.1, 0.15) is 6.04 Å². The monoisotopic (exact) mass is 553 g/mol. The zero-order valence-corrected chi connectivity index (χ0v) is 24.5. The van der Waals surface area contributed by atoms with Gasteiger partial charge in [-0.15, -0.1) is 24.9 Å². The molecule has 8 heteroatoms. The lowest BCUT2D eigenvalue weighted by atomic mass is 9.70. The molecule has 3 heterocycles. The molecule has 0 saturated carbocycles. The van der Waals surface area contributed by atoms with Gasteiger partial charge in [-0.1, -0.05) is 49.4 Å². The van der Waals surface area contributed by atoms with E-state index >= 15 is 0 Å². The Morgan fingerprint density at radius 1 is 1.18 bits per heavy atom. The molecule has 1 spiro atoms. The minimum Gasteiger partial charge on any atom is -0.394 e. The van der Waals surface area contributed by atoms with Gasteiger partial charge in [-0.05, 0) is 45.6 Å². The van der Waals surface area contributed by atoms with Crippen LogP contribution in [0.1, 0.15) is 52.5 Å². The van der Waals surface area contributed by atoms with Crippen LogP contribution in [0.5, 0.6) is 0 Å². The Bertz CT molecular complexity index is 1100. The van der Waals surface area contributed by atoms with E-state index in [0.717, 1.165) is 12.0 Å². The predicted octanol–water partition coefficient (Wildman–Crippen LogP) is 3.88. The van der Waals surface area contributed by atoms with Crippen LogP contribution in [0.3, 0.4) is 0 Å². The zero-order valence-electron chi connectivity index (χ0n) is 23.7. The van der Waals surface area contributed by atoms with Crippen molar-refractivity contribution in [1.29, 1.82) is 0 Å². The van der Waals surface area contributed by atoms with Crippen molar-refractivity contribution in [2.45, 2.75) is 81.1 Å². The summed E-state index contributed by atoms with van der Waals surface area (Å²) in [5, 5.41) is 10.3. The molecule has 6 atom stereocenters. The fourth-order valence-corrected chi connectivity index (χ4v) is 9.03. The van der Waals surface area contributed by atoms with Crippen molar-refractivity contribution >= 4 is 29.5 Å². The normalized spacial score (nSPS) is 28.2. The first kappa shape index (κ1) is 29.4.